The van der Waals surface area contributed by atoms with Crippen LogP contribution in [-0.2, 0) is 9.59 Å². The maximum Gasteiger partial charge on any atom is 0.335 e. The molecule has 168 valence electrons. The second-order valence-corrected chi connectivity index (χ2v) is 7.85. The van der Waals surface area contributed by atoms with Crippen LogP contribution in [0.5, 0.6) is 5.75 Å². The molecule has 2 aromatic carbocycles. The molecule has 1 aromatic heterocycles. The van der Waals surface area contributed by atoms with Gasteiger partial charge in [0.05, 0.1) is 18.5 Å². The fourth-order valence-electron chi connectivity index (χ4n) is 3.78. The van der Waals surface area contributed by atoms with E-state index in [1.54, 1.807) is 25.3 Å². The number of nitrogens with zero attached hydrogens (tertiary/aromatic N) is 2. The van der Waals surface area contributed by atoms with Crippen molar-refractivity contribution in [3.63, 3.8) is 0 Å². The Morgan fingerprint density at radius 3 is 2.39 bits per heavy atom. The van der Waals surface area contributed by atoms with Crippen LogP contribution in [-0.4, -0.2) is 29.5 Å². The van der Waals surface area contributed by atoms with Crippen LogP contribution in [0.4, 0.5) is 14.9 Å². The van der Waals surface area contributed by atoms with Gasteiger partial charge in [-0.3, -0.25) is 14.9 Å². The van der Waals surface area contributed by atoms with Crippen molar-refractivity contribution in [3.8, 4) is 11.4 Å². The predicted octanol–water partition coefficient (Wildman–Crippen LogP) is 4.56. The SMILES string of the molecule is COc1ccc(Cl)cc1-n1c(C)cc(/C=C2\C(=O)NC(=O)N(c3ccc(F)cc3)C2=O)c1C. The lowest BCUT2D eigenvalue weighted by molar-refractivity contribution is -0.122. The van der Waals surface area contributed by atoms with Crippen LogP contribution in [0.25, 0.3) is 11.8 Å². The number of aryl methyl sites for hydroxylation is 1. The molecule has 0 atom stereocenters. The number of benzene rings is 2. The molecule has 0 spiro atoms. The van der Waals surface area contributed by atoms with Crippen molar-refractivity contribution in [1.82, 2.24) is 9.88 Å². The Balaban J connectivity index is 1.79. The minimum atomic E-state index is -0.900. The Labute approximate surface area is 194 Å². The third-order valence-electron chi connectivity index (χ3n) is 5.34. The van der Waals surface area contributed by atoms with Crippen LogP contribution in [0.3, 0.4) is 0 Å². The molecule has 1 aliphatic heterocycles. The fourth-order valence-corrected chi connectivity index (χ4v) is 3.95. The first-order valence-electron chi connectivity index (χ1n) is 9.91. The van der Waals surface area contributed by atoms with Crippen LogP contribution in [0.15, 0.2) is 54.1 Å². The Morgan fingerprint density at radius 2 is 1.73 bits per heavy atom. The van der Waals surface area contributed by atoms with Gasteiger partial charge < -0.3 is 9.30 Å². The van der Waals surface area contributed by atoms with Gasteiger partial charge in [-0.25, -0.2) is 14.1 Å². The highest BCUT2D eigenvalue weighted by molar-refractivity contribution is 6.39. The summed E-state index contributed by atoms with van der Waals surface area (Å²) in [4.78, 5) is 38.7. The maximum atomic E-state index is 13.3. The third kappa shape index (κ3) is 4.01. The van der Waals surface area contributed by atoms with Crippen LogP contribution < -0.4 is 15.0 Å². The molecule has 2 heterocycles. The Kier molecular flexibility index (Phi) is 5.78. The average molecular weight is 468 g/mol. The first-order chi connectivity index (χ1) is 15.7. The topological polar surface area (TPSA) is 80.6 Å². The Hall–Kier alpha value is -3.91. The lowest BCUT2D eigenvalue weighted by atomic mass is 10.1. The molecular weight excluding hydrogens is 449 g/mol. The molecule has 0 bridgehead atoms. The van der Waals surface area contributed by atoms with E-state index in [1.807, 2.05) is 24.5 Å². The van der Waals surface area contributed by atoms with E-state index in [0.717, 1.165) is 28.4 Å². The molecule has 7 nitrogen and oxygen atoms in total. The van der Waals surface area contributed by atoms with Gasteiger partial charge in [0.2, 0.25) is 0 Å². The van der Waals surface area contributed by atoms with Gasteiger partial charge in [0.25, 0.3) is 11.8 Å². The van der Waals surface area contributed by atoms with Crippen molar-refractivity contribution in [3.05, 3.63) is 81.9 Å². The van der Waals surface area contributed by atoms with Crippen LogP contribution in [0.1, 0.15) is 17.0 Å². The van der Waals surface area contributed by atoms with E-state index in [1.165, 1.54) is 18.2 Å². The third-order valence-corrected chi connectivity index (χ3v) is 5.57. The summed E-state index contributed by atoms with van der Waals surface area (Å²) in [5.74, 6) is -1.53. The van der Waals surface area contributed by atoms with Crippen LogP contribution in [0.2, 0.25) is 5.02 Å². The van der Waals surface area contributed by atoms with Gasteiger partial charge in [0.15, 0.2) is 0 Å². The molecule has 1 aliphatic rings. The number of ether oxygens (including phenoxy) is 1. The average Bonchev–Trinajstić information content (AvgIpc) is 3.05. The van der Waals surface area contributed by atoms with Crippen molar-refractivity contribution < 1.29 is 23.5 Å². The molecular formula is C24H19ClFN3O4. The molecule has 4 rings (SSSR count). The summed E-state index contributed by atoms with van der Waals surface area (Å²) in [5.41, 5.74) is 2.76. The summed E-state index contributed by atoms with van der Waals surface area (Å²) in [6.07, 6.45) is 1.43. The molecule has 0 saturated carbocycles. The molecule has 9 heteroatoms. The Bertz CT molecular complexity index is 1330. The van der Waals surface area contributed by atoms with E-state index in [2.05, 4.69) is 5.32 Å². The van der Waals surface area contributed by atoms with Gasteiger partial charge in [0, 0.05) is 16.4 Å². The number of hydrogen-bond donors (Lipinski definition) is 1. The lowest BCUT2D eigenvalue weighted by Gasteiger charge is -2.26. The van der Waals surface area contributed by atoms with E-state index < -0.39 is 23.7 Å². The number of carbonyl (C=O) groups excluding carboxylic acids is 3. The zero-order chi connectivity index (χ0) is 23.9. The van der Waals surface area contributed by atoms with Crippen LogP contribution in [0, 0.1) is 19.7 Å². The Morgan fingerprint density at radius 1 is 1.03 bits per heavy atom. The van der Waals surface area contributed by atoms with Gasteiger partial charge in [-0.15, -0.1) is 0 Å². The van der Waals surface area contributed by atoms with Gasteiger partial charge in [-0.05, 0) is 74.0 Å². The number of urea groups is 1. The van der Waals surface area contributed by atoms with Crippen molar-refractivity contribution in [1.29, 1.82) is 0 Å². The number of nitrogens with one attached hydrogen (secondary N) is 1. The summed E-state index contributed by atoms with van der Waals surface area (Å²) >= 11 is 6.19. The van der Waals surface area contributed by atoms with Gasteiger partial charge in [-0.2, -0.15) is 0 Å². The van der Waals surface area contributed by atoms with E-state index in [4.69, 9.17) is 16.3 Å². The molecule has 1 fully saturated rings. The minimum absolute atomic E-state index is 0.145. The monoisotopic (exact) mass is 467 g/mol. The largest absolute Gasteiger partial charge is 0.495 e. The number of anilines is 1. The molecule has 1 N–H and O–H groups in total. The summed E-state index contributed by atoms with van der Waals surface area (Å²) < 4.78 is 20.6. The zero-order valence-electron chi connectivity index (χ0n) is 18.0. The number of aromatic nitrogens is 1. The summed E-state index contributed by atoms with van der Waals surface area (Å²) in [6.45, 7) is 3.69. The maximum absolute atomic E-state index is 13.3. The summed E-state index contributed by atoms with van der Waals surface area (Å²) in [7, 11) is 1.55. The molecule has 0 radical (unpaired) electrons. The summed E-state index contributed by atoms with van der Waals surface area (Å²) in [5, 5.41) is 2.68. The quantitative estimate of drug-likeness (QED) is 0.450. The highest BCUT2D eigenvalue weighted by Crippen LogP contribution is 2.32. The van der Waals surface area contributed by atoms with Crippen LogP contribution >= 0.6 is 11.6 Å². The fraction of sp³-hybridized carbons (Fsp3) is 0.125. The highest BCUT2D eigenvalue weighted by atomic mass is 35.5. The molecule has 0 aliphatic carbocycles. The number of imide groups is 2. The summed E-state index contributed by atoms with van der Waals surface area (Å²) in [6, 6.07) is 11.0. The zero-order valence-corrected chi connectivity index (χ0v) is 18.7. The molecule has 33 heavy (non-hydrogen) atoms. The smallest absolute Gasteiger partial charge is 0.335 e. The molecule has 1 saturated heterocycles. The first kappa shape index (κ1) is 22.3. The molecule has 3 aromatic rings. The van der Waals surface area contributed by atoms with Gasteiger partial charge in [0.1, 0.15) is 17.1 Å². The predicted molar refractivity (Wildman–Crippen MR) is 122 cm³/mol. The first-order valence-corrected chi connectivity index (χ1v) is 10.3. The number of halogens is 2. The van der Waals surface area contributed by atoms with E-state index >= 15 is 0 Å². The van der Waals surface area contributed by atoms with E-state index in [-0.39, 0.29) is 11.3 Å². The molecule has 4 amide bonds. The number of carbonyl (C=O) groups is 3. The number of hydrogen-bond acceptors (Lipinski definition) is 4. The number of barbiturate groups is 1. The lowest BCUT2D eigenvalue weighted by Crippen LogP contribution is -2.54. The van der Waals surface area contributed by atoms with Gasteiger partial charge in [-0.1, -0.05) is 11.6 Å². The second kappa shape index (κ2) is 8.55. The van der Waals surface area contributed by atoms with Gasteiger partial charge >= 0.3 is 6.03 Å². The second-order valence-electron chi connectivity index (χ2n) is 7.41. The van der Waals surface area contributed by atoms with Crippen molar-refractivity contribution in [2.45, 2.75) is 13.8 Å². The standard InChI is InChI=1S/C24H19ClFN3O4/c1-13-10-15(14(2)28(13)20-12-16(25)4-9-21(20)33-3)11-19-22(30)27-24(32)29(23(19)31)18-7-5-17(26)6-8-18/h4-12H,1-3H3,(H,27,30,32)/b19-11+. The van der Waals surface area contributed by atoms with Crippen molar-refractivity contribution >= 4 is 41.2 Å². The number of rotatable bonds is 4. The molecule has 0 unspecified atom stereocenters. The van der Waals surface area contributed by atoms with E-state index in [0.29, 0.717) is 22.0 Å². The van der Waals surface area contributed by atoms with E-state index in [9.17, 15) is 18.8 Å². The van der Waals surface area contributed by atoms with Crippen molar-refractivity contribution in [2.24, 2.45) is 0 Å². The number of amides is 4. The highest BCUT2D eigenvalue weighted by Gasteiger charge is 2.37. The normalized spacial score (nSPS) is 15.2. The minimum Gasteiger partial charge on any atom is -0.495 e. The van der Waals surface area contributed by atoms with Crippen molar-refractivity contribution in [2.75, 3.05) is 12.0 Å². The number of methoxy groups -OCH3 is 1.